The van der Waals surface area contributed by atoms with Gasteiger partial charge in [0, 0.05) is 73.5 Å². The number of fused-ring (bicyclic) bond motifs is 2. The Morgan fingerprint density at radius 1 is 0.817 bits per heavy atom. The zero-order chi connectivity index (χ0) is 43.8. The lowest BCUT2D eigenvalue weighted by Gasteiger charge is -2.15. The number of benzene rings is 2. The highest BCUT2D eigenvalue weighted by atomic mass is 32.1. The first-order valence-electron chi connectivity index (χ1n) is 19.5. The number of nitrogens with one attached hydrogen (secondary N) is 2. The summed E-state index contributed by atoms with van der Waals surface area (Å²) in [5, 5.41) is 14.4. The number of hydrogen-bond acceptors (Lipinski definition) is 13. The van der Waals surface area contributed by atoms with Gasteiger partial charge in [0.1, 0.15) is 6.10 Å². The van der Waals surface area contributed by atoms with Gasteiger partial charge < -0.3 is 49.1 Å². The number of Topliss-reactive ketones (excluding diaryl/α,β-unsaturated/α-hetero) is 1. The van der Waals surface area contributed by atoms with E-state index in [1.165, 1.54) is 31.3 Å². The lowest BCUT2D eigenvalue weighted by molar-refractivity contribution is -0.148. The van der Waals surface area contributed by atoms with E-state index in [1.807, 2.05) is 6.92 Å². The van der Waals surface area contributed by atoms with Gasteiger partial charge in [0.25, 0.3) is 0 Å². The smallest absolute Gasteiger partial charge is 0.306 e. The molecule has 0 bridgehead atoms. The summed E-state index contributed by atoms with van der Waals surface area (Å²) >= 11 is 1.03. The van der Waals surface area contributed by atoms with Gasteiger partial charge >= 0.3 is 11.9 Å². The second-order valence-electron chi connectivity index (χ2n) is 13.8. The molecule has 4 rings (SSSR count). The Morgan fingerprint density at radius 3 is 2.18 bits per heavy atom. The fourth-order valence-corrected chi connectivity index (χ4v) is 7.13. The summed E-state index contributed by atoms with van der Waals surface area (Å²) in [6, 6.07) is 4.49. The summed E-state index contributed by atoms with van der Waals surface area (Å²) in [7, 11) is 2.69. The van der Waals surface area contributed by atoms with Crippen molar-refractivity contribution in [3.63, 3.8) is 0 Å². The first kappa shape index (κ1) is 47.1. The van der Waals surface area contributed by atoms with Crippen LogP contribution in [-0.2, 0) is 46.5 Å². The van der Waals surface area contributed by atoms with Gasteiger partial charge in [0.15, 0.2) is 40.4 Å². The van der Waals surface area contributed by atoms with E-state index in [4.69, 9.17) is 33.5 Å². The van der Waals surface area contributed by atoms with E-state index in [0.29, 0.717) is 23.2 Å². The van der Waals surface area contributed by atoms with E-state index in [0.717, 1.165) is 17.8 Å². The highest BCUT2D eigenvalue weighted by Gasteiger charge is 2.30. The first-order chi connectivity index (χ1) is 28.8. The van der Waals surface area contributed by atoms with Gasteiger partial charge in [-0.05, 0) is 31.0 Å². The van der Waals surface area contributed by atoms with Crippen LogP contribution in [0.4, 0.5) is 8.78 Å². The molecule has 0 fully saturated rings. The van der Waals surface area contributed by atoms with Crippen LogP contribution in [0, 0.1) is 11.6 Å². The maximum atomic E-state index is 15.8. The molecule has 2 aromatic carbocycles. The number of methoxy groups -OCH3 is 2. The van der Waals surface area contributed by atoms with Gasteiger partial charge in [-0.15, -0.1) is 11.3 Å². The number of nitrogens with zero attached hydrogens (tertiary/aromatic N) is 1. The lowest BCUT2D eigenvalue weighted by Crippen LogP contribution is -2.34. The van der Waals surface area contributed by atoms with Crippen LogP contribution in [-0.4, -0.2) is 105 Å². The van der Waals surface area contributed by atoms with Crippen LogP contribution in [0.2, 0.25) is 0 Å². The number of ketones is 1. The molecule has 1 aromatic heterocycles. The number of carbonyl (C=O) groups excluding carboxylic acids is 5. The zero-order valence-electron chi connectivity index (χ0n) is 34.1. The predicted octanol–water partition coefficient (Wildman–Crippen LogP) is 5.09. The van der Waals surface area contributed by atoms with Crippen molar-refractivity contribution in [2.45, 2.75) is 84.4 Å². The molecule has 0 saturated heterocycles. The molecular weight excluding hydrogens is 813 g/mol. The van der Waals surface area contributed by atoms with E-state index < -0.39 is 41.4 Å². The van der Waals surface area contributed by atoms with Gasteiger partial charge in [-0.25, -0.2) is 8.78 Å². The molecule has 0 spiro atoms. The largest absolute Gasteiger partial charge is 0.493 e. The SMILES string of the molecule is CCCC(=O)NCCOCCC(=O)NC[C@H](C)OC(=O)CCC(=O)c1cc2c(F)c(OCCCOc3c(OC)cc4c(c3F)CN(C(=O)CCC(=O)O)C4)c(OC)cc2s1. The summed E-state index contributed by atoms with van der Waals surface area (Å²) in [5.41, 5.74) is 0.767. The lowest BCUT2D eigenvalue weighted by atomic mass is 10.1. The van der Waals surface area contributed by atoms with Crippen LogP contribution in [0.3, 0.4) is 0 Å². The summed E-state index contributed by atoms with van der Waals surface area (Å²) in [5.74, 6) is -4.53. The molecule has 1 atom stereocenters. The van der Waals surface area contributed by atoms with Crippen molar-refractivity contribution in [3.05, 3.63) is 45.8 Å². The number of carboxylic acids is 1. The molecule has 3 amide bonds. The molecule has 16 nitrogen and oxygen atoms in total. The van der Waals surface area contributed by atoms with Gasteiger partial charge in [0.05, 0.1) is 64.9 Å². The molecule has 19 heteroatoms. The number of ether oxygens (including phenoxy) is 6. The number of esters is 1. The van der Waals surface area contributed by atoms with Crippen LogP contribution >= 0.6 is 11.3 Å². The topological polar surface area (TPSA) is 205 Å². The molecular formula is C41H51F2N3O13S. The fourth-order valence-electron chi connectivity index (χ4n) is 6.08. The third-order valence-electron chi connectivity index (χ3n) is 9.17. The molecule has 0 radical (unpaired) electrons. The van der Waals surface area contributed by atoms with Crippen LogP contribution in [0.1, 0.15) is 86.0 Å². The third kappa shape index (κ3) is 13.5. The Bertz CT molecular complexity index is 2020. The highest BCUT2D eigenvalue weighted by Crippen LogP contribution is 2.41. The monoisotopic (exact) mass is 863 g/mol. The van der Waals surface area contributed by atoms with E-state index in [-0.39, 0.29) is 135 Å². The number of aliphatic carboxylic acids is 1. The van der Waals surface area contributed by atoms with Crippen LogP contribution in [0.25, 0.3) is 10.1 Å². The van der Waals surface area contributed by atoms with Crippen molar-refractivity contribution in [1.82, 2.24) is 15.5 Å². The molecule has 0 aliphatic carbocycles. The molecule has 2 heterocycles. The number of thiophene rings is 1. The van der Waals surface area contributed by atoms with Crippen molar-refractivity contribution >= 4 is 56.9 Å². The summed E-state index contributed by atoms with van der Waals surface area (Å²) in [6.07, 6.45) is -0.146. The van der Waals surface area contributed by atoms with Crippen molar-refractivity contribution in [2.75, 3.05) is 53.7 Å². The Labute approximate surface area is 349 Å². The van der Waals surface area contributed by atoms with Crippen LogP contribution in [0.15, 0.2) is 18.2 Å². The van der Waals surface area contributed by atoms with E-state index in [2.05, 4.69) is 10.6 Å². The van der Waals surface area contributed by atoms with Crippen molar-refractivity contribution in [3.8, 4) is 23.0 Å². The number of carboxylic acid groups (broad SMARTS) is 1. The summed E-state index contributed by atoms with van der Waals surface area (Å²) in [4.78, 5) is 73.9. The number of hydrogen-bond donors (Lipinski definition) is 3. The first-order valence-corrected chi connectivity index (χ1v) is 20.3. The maximum absolute atomic E-state index is 15.8. The Balaban J connectivity index is 1.22. The van der Waals surface area contributed by atoms with Crippen LogP contribution < -0.4 is 29.6 Å². The molecule has 0 unspecified atom stereocenters. The fraction of sp³-hybridized carbons (Fsp3) is 0.512. The van der Waals surface area contributed by atoms with Gasteiger partial charge in [-0.3, -0.25) is 28.8 Å². The standard InChI is InChI=1S/C41H51F2N3O13S/c1-5-7-33(48)44-13-17-56-16-12-34(49)45-21-24(2)59-37(53)11-8-28(47)32-19-26-31(60-32)20-30(55-4)41(38(26)42)58-15-6-14-57-40-29(54-3)18-25-22-46(23-27(25)39(40)43)35(50)9-10-36(51)52/h18-20,24H,5-17,21-23H2,1-4H3,(H,44,48)(H,45,49)(H,51,52)/t24-/m0/s1. The Kier molecular flexibility index (Phi) is 18.3. The van der Waals surface area contributed by atoms with E-state index in [9.17, 15) is 28.8 Å². The molecule has 1 aliphatic rings. The predicted molar refractivity (Wildman–Crippen MR) is 213 cm³/mol. The van der Waals surface area contributed by atoms with Crippen LogP contribution in [0.5, 0.6) is 23.0 Å². The number of halogens is 2. The Morgan fingerprint density at radius 2 is 1.50 bits per heavy atom. The number of amides is 3. The Hall–Kier alpha value is -5.56. The second-order valence-corrected chi connectivity index (χ2v) is 14.9. The van der Waals surface area contributed by atoms with Crippen molar-refractivity contribution in [2.24, 2.45) is 0 Å². The molecule has 3 aromatic rings. The molecule has 1 aliphatic heterocycles. The number of carbonyl (C=O) groups is 6. The van der Waals surface area contributed by atoms with Crippen molar-refractivity contribution in [1.29, 1.82) is 0 Å². The average Bonchev–Trinajstić information content (AvgIpc) is 3.86. The maximum Gasteiger partial charge on any atom is 0.306 e. The quantitative estimate of drug-likeness (QED) is 0.0548. The van der Waals surface area contributed by atoms with Gasteiger partial charge in [-0.2, -0.15) is 0 Å². The molecule has 3 N–H and O–H groups in total. The minimum Gasteiger partial charge on any atom is -0.493 e. The summed E-state index contributed by atoms with van der Waals surface area (Å²) < 4.78 is 64.6. The van der Waals surface area contributed by atoms with Gasteiger partial charge in [0.2, 0.25) is 17.7 Å². The van der Waals surface area contributed by atoms with Gasteiger partial charge in [-0.1, -0.05) is 6.92 Å². The molecule has 328 valence electrons. The highest BCUT2D eigenvalue weighted by molar-refractivity contribution is 7.20. The molecule has 60 heavy (non-hydrogen) atoms. The minimum atomic E-state index is -1.10. The summed E-state index contributed by atoms with van der Waals surface area (Å²) in [6.45, 7) is 4.32. The third-order valence-corrected chi connectivity index (χ3v) is 10.3. The zero-order valence-corrected chi connectivity index (χ0v) is 34.9. The normalized spacial score (nSPS) is 12.4. The molecule has 0 saturated carbocycles. The second kappa shape index (κ2) is 23.3. The minimum absolute atomic E-state index is 0.0439. The van der Waals surface area contributed by atoms with E-state index >= 15 is 8.78 Å². The number of rotatable bonds is 26. The average molecular weight is 864 g/mol. The van der Waals surface area contributed by atoms with E-state index in [1.54, 1.807) is 13.0 Å². The van der Waals surface area contributed by atoms with Crippen molar-refractivity contribution < 1.29 is 71.1 Å².